The van der Waals surface area contributed by atoms with Crippen molar-refractivity contribution in [1.29, 1.82) is 0 Å². The molecule has 3 heterocycles. The van der Waals surface area contributed by atoms with Gasteiger partial charge in [-0.25, -0.2) is 4.79 Å². The van der Waals surface area contributed by atoms with Crippen LogP contribution in [-0.4, -0.2) is 71.0 Å². The maximum Gasteiger partial charge on any atom is 0.321 e. The minimum atomic E-state index is -0.0687. The van der Waals surface area contributed by atoms with Crippen molar-refractivity contribution >= 4 is 11.7 Å². The van der Waals surface area contributed by atoms with Crippen LogP contribution in [0.4, 0.5) is 10.5 Å². The Bertz CT molecular complexity index is 814. The molecule has 1 N–H and O–H groups in total. The third-order valence-electron chi connectivity index (χ3n) is 5.70. The second kappa shape index (κ2) is 7.89. The van der Waals surface area contributed by atoms with Gasteiger partial charge >= 0.3 is 6.03 Å². The number of nitrogens with zero attached hydrogens (tertiary/aromatic N) is 4. The van der Waals surface area contributed by atoms with Crippen LogP contribution in [0.25, 0.3) is 11.5 Å². The molecule has 1 aromatic carbocycles. The van der Waals surface area contributed by atoms with E-state index in [0.29, 0.717) is 31.4 Å². The van der Waals surface area contributed by atoms with E-state index in [1.165, 1.54) is 0 Å². The lowest BCUT2D eigenvalue weighted by Crippen LogP contribution is -2.64. The first kappa shape index (κ1) is 18.9. The van der Waals surface area contributed by atoms with Gasteiger partial charge in [-0.2, -0.15) is 0 Å². The quantitative estimate of drug-likeness (QED) is 0.871. The Hall–Kier alpha value is -2.45. The third-order valence-corrected chi connectivity index (χ3v) is 5.70. The number of anilines is 1. The molecule has 150 valence electrons. The summed E-state index contributed by atoms with van der Waals surface area (Å²) in [6.45, 7) is 8.89. The molecule has 0 saturated carbocycles. The number of piperazine rings is 1. The maximum absolute atomic E-state index is 12.8. The van der Waals surface area contributed by atoms with E-state index in [1.807, 2.05) is 36.1 Å². The fourth-order valence-corrected chi connectivity index (χ4v) is 4.06. The fraction of sp³-hybridized carbons (Fsp3) is 0.550. The highest BCUT2D eigenvalue weighted by molar-refractivity contribution is 5.89. The number of carbonyl (C=O) groups excluding carboxylic acids is 1. The Morgan fingerprint density at radius 2 is 2.04 bits per heavy atom. The van der Waals surface area contributed by atoms with Gasteiger partial charge in [-0.3, -0.25) is 4.90 Å². The number of aryl methyl sites for hydroxylation is 1. The van der Waals surface area contributed by atoms with Gasteiger partial charge in [0, 0.05) is 43.9 Å². The van der Waals surface area contributed by atoms with Gasteiger partial charge in [0.25, 0.3) is 0 Å². The van der Waals surface area contributed by atoms with E-state index < -0.39 is 0 Å². The van der Waals surface area contributed by atoms with Gasteiger partial charge < -0.3 is 19.4 Å². The number of urea groups is 1. The Labute approximate surface area is 164 Å². The van der Waals surface area contributed by atoms with Crippen LogP contribution in [0.1, 0.15) is 26.2 Å². The van der Waals surface area contributed by atoms with Crippen LogP contribution in [0.3, 0.4) is 0 Å². The van der Waals surface area contributed by atoms with Gasteiger partial charge in [0.2, 0.25) is 11.8 Å². The van der Waals surface area contributed by atoms with E-state index in [2.05, 4.69) is 27.3 Å². The number of hydrogen-bond acceptors (Lipinski definition) is 6. The number of nitrogens with one attached hydrogen (secondary N) is 1. The zero-order valence-corrected chi connectivity index (χ0v) is 16.5. The van der Waals surface area contributed by atoms with E-state index in [1.54, 1.807) is 0 Å². The Balaban J connectivity index is 1.40. The van der Waals surface area contributed by atoms with Gasteiger partial charge in [0.1, 0.15) is 0 Å². The van der Waals surface area contributed by atoms with Gasteiger partial charge in [0.15, 0.2) is 0 Å². The predicted octanol–water partition coefficient (Wildman–Crippen LogP) is 2.63. The first-order chi connectivity index (χ1) is 13.6. The van der Waals surface area contributed by atoms with Crippen molar-refractivity contribution in [3.8, 4) is 11.5 Å². The van der Waals surface area contributed by atoms with E-state index in [9.17, 15) is 4.79 Å². The van der Waals surface area contributed by atoms with Gasteiger partial charge in [0.05, 0.1) is 12.1 Å². The molecule has 2 aliphatic heterocycles. The SMILES string of the molecule is CCc1nnc(-c2ccc(NC(=O)N3CCN(CC)C4(CCOC4)C3)cc2)o1. The zero-order chi connectivity index (χ0) is 19.6. The molecule has 4 rings (SSSR count). The molecule has 2 aliphatic rings. The zero-order valence-electron chi connectivity index (χ0n) is 16.5. The second-order valence-corrected chi connectivity index (χ2v) is 7.39. The average molecular weight is 385 g/mol. The Kier molecular flexibility index (Phi) is 5.32. The molecular weight excluding hydrogens is 358 g/mol. The molecule has 0 bridgehead atoms. The summed E-state index contributed by atoms with van der Waals surface area (Å²) in [5.41, 5.74) is 1.55. The van der Waals surface area contributed by atoms with Gasteiger partial charge in [-0.1, -0.05) is 13.8 Å². The molecule has 2 amide bonds. The van der Waals surface area contributed by atoms with Crippen LogP contribution in [-0.2, 0) is 11.2 Å². The maximum atomic E-state index is 12.8. The summed E-state index contributed by atoms with van der Waals surface area (Å²) in [5, 5.41) is 11.0. The molecule has 1 atom stereocenters. The van der Waals surface area contributed by atoms with Crippen molar-refractivity contribution in [3.63, 3.8) is 0 Å². The molecule has 1 aromatic heterocycles. The molecule has 0 radical (unpaired) electrons. The number of likely N-dealkylation sites (N-methyl/N-ethyl adjacent to an activating group) is 1. The predicted molar refractivity (Wildman–Crippen MR) is 105 cm³/mol. The number of amides is 2. The molecule has 1 unspecified atom stereocenters. The Morgan fingerprint density at radius 1 is 1.21 bits per heavy atom. The minimum Gasteiger partial charge on any atom is -0.421 e. The van der Waals surface area contributed by atoms with Crippen LogP contribution in [0.2, 0.25) is 0 Å². The first-order valence-corrected chi connectivity index (χ1v) is 9.95. The number of aromatic nitrogens is 2. The number of benzene rings is 1. The fourth-order valence-electron chi connectivity index (χ4n) is 4.06. The van der Waals surface area contributed by atoms with E-state index in [-0.39, 0.29) is 11.6 Å². The Morgan fingerprint density at radius 3 is 2.68 bits per heavy atom. The van der Waals surface area contributed by atoms with Crippen LogP contribution in [0, 0.1) is 0 Å². The van der Waals surface area contributed by atoms with Crippen molar-refractivity contribution in [2.45, 2.75) is 32.2 Å². The van der Waals surface area contributed by atoms with Crippen molar-refractivity contribution in [2.24, 2.45) is 0 Å². The third kappa shape index (κ3) is 3.62. The number of hydrogen-bond donors (Lipinski definition) is 1. The van der Waals surface area contributed by atoms with Gasteiger partial charge in [-0.15, -0.1) is 10.2 Å². The second-order valence-electron chi connectivity index (χ2n) is 7.39. The summed E-state index contributed by atoms with van der Waals surface area (Å²) in [6.07, 6.45) is 1.68. The van der Waals surface area contributed by atoms with Crippen molar-refractivity contribution in [2.75, 3.05) is 44.7 Å². The highest BCUT2D eigenvalue weighted by atomic mass is 16.5. The standard InChI is InChI=1S/C20H27N5O3/c1-3-17-22-23-18(28-17)15-5-7-16(8-6-15)21-19(26)24-10-11-25(4-2)20(13-24)9-12-27-14-20/h5-8H,3-4,9-14H2,1-2H3,(H,21,26). The molecule has 28 heavy (non-hydrogen) atoms. The number of carbonyl (C=O) groups is 1. The lowest BCUT2D eigenvalue weighted by atomic mass is 9.93. The molecule has 2 aromatic rings. The van der Waals surface area contributed by atoms with Crippen LogP contribution >= 0.6 is 0 Å². The summed E-state index contributed by atoms with van der Waals surface area (Å²) in [4.78, 5) is 17.2. The smallest absolute Gasteiger partial charge is 0.321 e. The van der Waals surface area contributed by atoms with E-state index in [0.717, 1.165) is 43.9 Å². The molecule has 8 nitrogen and oxygen atoms in total. The topological polar surface area (TPSA) is 83.7 Å². The van der Waals surface area contributed by atoms with E-state index >= 15 is 0 Å². The highest BCUT2D eigenvalue weighted by Gasteiger charge is 2.45. The van der Waals surface area contributed by atoms with Crippen molar-refractivity contribution in [3.05, 3.63) is 30.2 Å². The van der Waals surface area contributed by atoms with Crippen LogP contribution in [0.15, 0.2) is 28.7 Å². The summed E-state index contributed by atoms with van der Waals surface area (Å²) >= 11 is 0. The monoisotopic (exact) mass is 385 g/mol. The minimum absolute atomic E-state index is 0.0386. The van der Waals surface area contributed by atoms with Crippen molar-refractivity contribution in [1.82, 2.24) is 20.0 Å². The normalized spacial score (nSPS) is 22.7. The van der Waals surface area contributed by atoms with Gasteiger partial charge in [-0.05, 0) is 37.2 Å². The van der Waals surface area contributed by atoms with Crippen molar-refractivity contribution < 1.29 is 13.9 Å². The molecular formula is C20H27N5O3. The molecule has 1 spiro atoms. The largest absolute Gasteiger partial charge is 0.421 e. The average Bonchev–Trinajstić information content (AvgIpc) is 3.38. The number of ether oxygens (including phenoxy) is 1. The lowest BCUT2D eigenvalue weighted by molar-refractivity contribution is 0.0100. The molecule has 8 heteroatoms. The first-order valence-electron chi connectivity index (χ1n) is 9.95. The highest BCUT2D eigenvalue weighted by Crippen LogP contribution is 2.30. The van der Waals surface area contributed by atoms with E-state index in [4.69, 9.17) is 9.15 Å². The summed E-state index contributed by atoms with van der Waals surface area (Å²) in [6, 6.07) is 7.41. The number of rotatable bonds is 4. The van der Waals surface area contributed by atoms with Crippen LogP contribution < -0.4 is 5.32 Å². The van der Waals surface area contributed by atoms with Crippen LogP contribution in [0.5, 0.6) is 0 Å². The summed E-state index contributed by atoms with van der Waals surface area (Å²) in [7, 11) is 0. The summed E-state index contributed by atoms with van der Waals surface area (Å²) < 4.78 is 11.2. The molecule has 2 saturated heterocycles. The summed E-state index contributed by atoms with van der Waals surface area (Å²) in [5.74, 6) is 1.11. The molecule has 0 aliphatic carbocycles. The molecule has 2 fully saturated rings. The lowest BCUT2D eigenvalue weighted by Gasteiger charge is -2.47.